The first-order valence-corrected chi connectivity index (χ1v) is 7.20. The van der Waals surface area contributed by atoms with Gasteiger partial charge in [0.1, 0.15) is 9.98 Å². The molecule has 1 fully saturated rings. The van der Waals surface area contributed by atoms with Crippen LogP contribution in [0.25, 0.3) is 0 Å². The highest BCUT2D eigenvalue weighted by Gasteiger charge is 2.16. The molecule has 18 heavy (non-hydrogen) atoms. The zero-order chi connectivity index (χ0) is 13.0. The van der Waals surface area contributed by atoms with E-state index in [2.05, 4.69) is 5.32 Å². The van der Waals surface area contributed by atoms with E-state index < -0.39 is 0 Å². The lowest BCUT2D eigenvalue weighted by atomic mass is 9.95. The molecule has 1 aromatic rings. The third-order valence-electron chi connectivity index (χ3n) is 3.38. The lowest BCUT2D eigenvalue weighted by molar-refractivity contribution is 0.415. The molecule has 2 rings (SSSR count). The molecule has 1 aliphatic carbocycles. The summed E-state index contributed by atoms with van der Waals surface area (Å²) in [6.45, 7) is 0. The van der Waals surface area contributed by atoms with Crippen molar-refractivity contribution in [2.24, 2.45) is 5.73 Å². The van der Waals surface area contributed by atoms with Crippen LogP contribution < -0.4 is 11.1 Å². The first-order valence-electron chi connectivity index (χ1n) is 6.38. The molecule has 3 N–H and O–H groups in total. The van der Waals surface area contributed by atoms with Crippen molar-refractivity contribution in [3.63, 3.8) is 0 Å². The van der Waals surface area contributed by atoms with Crippen molar-refractivity contribution < 1.29 is 0 Å². The van der Waals surface area contributed by atoms with Crippen LogP contribution in [0.3, 0.4) is 0 Å². The van der Waals surface area contributed by atoms with Gasteiger partial charge in [0.05, 0.1) is 0 Å². The van der Waals surface area contributed by atoms with Gasteiger partial charge in [0.15, 0.2) is 0 Å². The highest BCUT2D eigenvalue weighted by Crippen LogP contribution is 2.18. The van der Waals surface area contributed by atoms with E-state index in [1.165, 1.54) is 32.1 Å². The fourth-order valence-electron chi connectivity index (χ4n) is 2.41. The number of thiocarbonyl (C=S) groups is 2. The van der Waals surface area contributed by atoms with Crippen LogP contribution in [0.1, 0.15) is 43.2 Å². The van der Waals surface area contributed by atoms with Crippen molar-refractivity contribution in [1.82, 2.24) is 5.32 Å². The van der Waals surface area contributed by atoms with E-state index in [9.17, 15) is 0 Å². The molecule has 1 aromatic carbocycles. The van der Waals surface area contributed by atoms with Gasteiger partial charge in [0, 0.05) is 17.2 Å². The van der Waals surface area contributed by atoms with Crippen molar-refractivity contribution in [2.45, 2.75) is 38.1 Å². The summed E-state index contributed by atoms with van der Waals surface area (Å²) in [6, 6.07) is 8.30. The maximum atomic E-state index is 5.73. The van der Waals surface area contributed by atoms with Crippen LogP contribution in [0.5, 0.6) is 0 Å². The average molecular weight is 278 g/mol. The summed E-state index contributed by atoms with van der Waals surface area (Å²) in [5.41, 5.74) is 7.54. The minimum Gasteiger partial charge on any atom is -0.389 e. The number of hydrogen-bond acceptors (Lipinski definition) is 2. The zero-order valence-electron chi connectivity index (χ0n) is 10.3. The number of rotatable bonds is 3. The molecule has 0 unspecified atom stereocenters. The Morgan fingerprint density at radius 3 is 2.28 bits per heavy atom. The van der Waals surface area contributed by atoms with Gasteiger partial charge >= 0.3 is 0 Å². The molecule has 0 spiro atoms. The van der Waals surface area contributed by atoms with Crippen LogP contribution in [-0.4, -0.2) is 16.0 Å². The summed E-state index contributed by atoms with van der Waals surface area (Å²) < 4.78 is 0. The highest BCUT2D eigenvalue weighted by molar-refractivity contribution is 7.81. The Kier molecular flexibility index (Phi) is 4.66. The molecular formula is C14H18N2S2. The van der Waals surface area contributed by atoms with E-state index in [0.29, 0.717) is 11.0 Å². The average Bonchev–Trinajstić information content (AvgIpc) is 2.40. The Balaban J connectivity index is 2.10. The smallest absolute Gasteiger partial charge is 0.107 e. The third kappa shape index (κ3) is 3.27. The first kappa shape index (κ1) is 13.4. The molecular weight excluding hydrogens is 260 g/mol. The van der Waals surface area contributed by atoms with Crippen LogP contribution in [0.2, 0.25) is 0 Å². The second-order valence-corrected chi connectivity index (χ2v) is 5.57. The van der Waals surface area contributed by atoms with Gasteiger partial charge in [-0.2, -0.15) is 0 Å². The fraction of sp³-hybridized carbons (Fsp3) is 0.429. The molecule has 4 heteroatoms. The second kappa shape index (κ2) is 6.25. The Labute approximate surface area is 119 Å². The van der Waals surface area contributed by atoms with E-state index in [1.54, 1.807) is 0 Å². The standard InChI is InChI=1S/C14H18N2S2/c15-13(17)11-8-4-5-9-12(11)14(18)16-10-6-2-1-3-7-10/h4-5,8-10H,1-3,6-7H2,(H2,15,17)(H,16,18). The molecule has 96 valence electrons. The highest BCUT2D eigenvalue weighted by atomic mass is 32.1. The molecule has 0 aliphatic heterocycles. The predicted octanol–water partition coefficient (Wildman–Crippen LogP) is 2.92. The lowest BCUT2D eigenvalue weighted by Gasteiger charge is -2.24. The summed E-state index contributed by atoms with van der Waals surface area (Å²) in [6.07, 6.45) is 6.33. The van der Waals surface area contributed by atoms with Gasteiger partial charge in [0.2, 0.25) is 0 Å². The maximum absolute atomic E-state index is 5.73. The van der Waals surface area contributed by atoms with Gasteiger partial charge in [-0.05, 0) is 12.8 Å². The molecule has 0 amide bonds. The van der Waals surface area contributed by atoms with E-state index >= 15 is 0 Å². The fourth-order valence-corrected chi connectivity index (χ4v) is 2.93. The number of hydrogen-bond donors (Lipinski definition) is 2. The van der Waals surface area contributed by atoms with Crippen LogP contribution in [-0.2, 0) is 0 Å². The lowest BCUT2D eigenvalue weighted by Crippen LogP contribution is -2.36. The van der Waals surface area contributed by atoms with Gasteiger partial charge in [-0.1, -0.05) is 68.0 Å². The first-order chi connectivity index (χ1) is 8.68. The summed E-state index contributed by atoms with van der Waals surface area (Å²) >= 11 is 10.5. The van der Waals surface area contributed by atoms with Gasteiger partial charge in [0.25, 0.3) is 0 Å². The molecule has 0 heterocycles. The van der Waals surface area contributed by atoms with E-state index in [-0.39, 0.29) is 0 Å². The molecule has 0 atom stereocenters. The maximum Gasteiger partial charge on any atom is 0.107 e. The van der Waals surface area contributed by atoms with Crippen molar-refractivity contribution >= 4 is 34.4 Å². The summed E-state index contributed by atoms with van der Waals surface area (Å²) in [7, 11) is 0. The quantitative estimate of drug-likeness (QED) is 0.834. The Hall–Kier alpha value is -1.00. The Morgan fingerprint density at radius 1 is 1.06 bits per heavy atom. The largest absolute Gasteiger partial charge is 0.389 e. The molecule has 2 nitrogen and oxygen atoms in total. The summed E-state index contributed by atoms with van der Waals surface area (Å²) in [5, 5.41) is 3.45. The number of benzene rings is 1. The summed E-state index contributed by atoms with van der Waals surface area (Å²) in [5.74, 6) is 0. The van der Waals surface area contributed by atoms with Crippen molar-refractivity contribution in [1.29, 1.82) is 0 Å². The monoisotopic (exact) mass is 278 g/mol. The minimum atomic E-state index is 0.401. The third-order valence-corrected chi connectivity index (χ3v) is 3.94. The predicted molar refractivity (Wildman–Crippen MR) is 84.0 cm³/mol. The van der Waals surface area contributed by atoms with E-state index in [4.69, 9.17) is 30.2 Å². The normalized spacial score (nSPS) is 16.2. The molecule has 1 aliphatic rings. The van der Waals surface area contributed by atoms with Crippen LogP contribution in [0, 0.1) is 0 Å². The molecule has 0 aromatic heterocycles. The minimum absolute atomic E-state index is 0.401. The number of nitrogens with two attached hydrogens (primary N) is 1. The van der Waals surface area contributed by atoms with E-state index in [1.807, 2.05) is 24.3 Å². The SMILES string of the molecule is NC(=S)c1ccccc1C(=S)NC1CCCCC1. The Bertz CT molecular complexity index is 451. The number of nitrogens with one attached hydrogen (secondary N) is 1. The van der Waals surface area contributed by atoms with Gasteiger partial charge in [-0.15, -0.1) is 0 Å². The van der Waals surface area contributed by atoms with Crippen molar-refractivity contribution in [3.8, 4) is 0 Å². The van der Waals surface area contributed by atoms with Crippen LogP contribution in [0.4, 0.5) is 0 Å². The molecule has 0 radical (unpaired) electrons. The van der Waals surface area contributed by atoms with Gasteiger partial charge in [-0.25, -0.2) is 0 Å². The second-order valence-electron chi connectivity index (χ2n) is 4.72. The van der Waals surface area contributed by atoms with Crippen molar-refractivity contribution in [2.75, 3.05) is 0 Å². The van der Waals surface area contributed by atoms with Gasteiger partial charge < -0.3 is 11.1 Å². The van der Waals surface area contributed by atoms with Crippen LogP contribution in [0.15, 0.2) is 24.3 Å². The Morgan fingerprint density at radius 2 is 1.67 bits per heavy atom. The zero-order valence-corrected chi connectivity index (χ0v) is 11.9. The topological polar surface area (TPSA) is 38.0 Å². The van der Waals surface area contributed by atoms with Crippen LogP contribution >= 0.6 is 24.4 Å². The van der Waals surface area contributed by atoms with E-state index in [0.717, 1.165) is 16.1 Å². The van der Waals surface area contributed by atoms with Gasteiger partial charge in [-0.3, -0.25) is 0 Å². The molecule has 0 saturated heterocycles. The summed E-state index contributed by atoms with van der Waals surface area (Å²) in [4.78, 5) is 1.17. The van der Waals surface area contributed by atoms with Crippen molar-refractivity contribution in [3.05, 3.63) is 35.4 Å². The molecule has 1 saturated carbocycles. The molecule has 0 bridgehead atoms.